The third-order valence-electron chi connectivity index (χ3n) is 4.25. The van der Waals surface area contributed by atoms with Gasteiger partial charge in [-0.1, -0.05) is 49.7 Å². The normalized spacial score (nSPS) is 10.7. The number of benzene rings is 1. The van der Waals surface area contributed by atoms with Gasteiger partial charge < -0.3 is 10.6 Å². The lowest BCUT2D eigenvalue weighted by molar-refractivity contribution is -0.120. The van der Waals surface area contributed by atoms with E-state index in [1.807, 2.05) is 18.2 Å². The zero-order valence-electron chi connectivity index (χ0n) is 15.7. The number of nitrogens with zero attached hydrogens (tertiary/aromatic N) is 2. The van der Waals surface area contributed by atoms with Gasteiger partial charge in [0.1, 0.15) is 5.69 Å². The maximum Gasteiger partial charge on any atom is 0.270 e. The summed E-state index contributed by atoms with van der Waals surface area (Å²) in [4.78, 5) is 30.3. The van der Waals surface area contributed by atoms with Crippen LogP contribution in [0.25, 0.3) is 0 Å². The molecule has 6 nitrogen and oxygen atoms in total. The van der Waals surface area contributed by atoms with E-state index in [-0.39, 0.29) is 18.1 Å². The highest BCUT2D eigenvalue weighted by molar-refractivity contribution is 6.30. The summed E-state index contributed by atoms with van der Waals surface area (Å²) in [5.41, 5.74) is 2.44. The van der Waals surface area contributed by atoms with Crippen LogP contribution in [0.5, 0.6) is 0 Å². The van der Waals surface area contributed by atoms with Crippen LogP contribution in [0.15, 0.2) is 42.6 Å². The van der Waals surface area contributed by atoms with Crippen molar-refractivity contribution < 1.29 is 9.59 Å². The van der Waals surface area contributed by atoms with E-state index in [9.17, 15) is 9.59 Å². The summed E-state index contributed by atoms with van der Waals surface area (Å²) in [5, 5.41) is 5.82. The summed E-state index contributed by atoms with van der Waals surface area (Å²) < 4.78 is 0. The van der Waals surface area contributed by atoms with E-state index >= 15 is 0 Å². The molecule has 0 spiro atoms. The first-order chi connectivity index (χ1) is 13.0. The molecule has 0 unspecified atom stereocenters. The van der Waals surface area contributed by atoms with Gasteiger partial charge in [0.25, 0.3) is 5.91 Å². The molecule has 0 saturated heterocycles. The Hall–Kier alpha value is -2.44. The third-order valence-corrected chi connectivity index (χ3v) is 4.48. The molecule has 2 aromatic rings. The minimum atomic E-state index is -0.436. The SMILES string of the molecule is CCN(CC)Cc1ccccc1CNC(=O)CNC(=O)c1cc(Cl)ccn1. The lowest BCUT2D eigenvalue weighted by Gasteiger charge is -2.20. The van der Waals surface area contributed by atoms with Crippen LogP contribution in [0.3, 0.4) is 0 Å². The molecular weight excluding hydrogens is 364 g/mol. The fourth-order valence-corrected chi connectivity index (χ4v) is 2.77. The van der Waals surface area contributed by atoms with Crippen molar-refractivity contribution in [3.8, 4) is 0 Å². The van der Waals surface area contributed by atoms with E-state index in [0.717, 1.165) is 25.2 Å². The molecule has 1 aromatic carbocycles. The highest BCUT2D eigenvalue weighted by Crippen LogP contribution is 2.11. The number of hydrogen-bond acceptors (Lipinski definition) is 4. The number of aromatic nitrogens is 1. The van der Waals surface area contributed by atoms with E-state index in [1.165, 1.54) is 17.8 Å². The van der Waals surface area contributed by atoms with Gasteiger partial charge in [-0.25, -0.2) is 0 Å². The minimum Gasteiger partial charge on any atom is -0.350 e. The average Bonchev–Trinajstić information content (AvgIpc) is 2.69. The molecule has 0 saturated carbocycles. The quantitative estimate of drug-likeness (QED) is 0.692. The van der Waals surface area contributed by atoms with Crippen LogP contribution in [0.1, 0.15) is 35.5 Å². The number of carbonyl (C=O) groups excluding carboxylic acids is 2. The van der Waals surface area contributed by atoms with E-state index in [0.29, 0.717) is 11.6 Å². The summed E-state index contributed by atoms with van der Waals surface area (Å²) >= 11 is 5.84. The van der Waals surface area contributed by atoms with Gasteiger partial charge in [-0.3, -0.25) is 19.5 Å². The lowest BCUT2D eigenvalue weighted by Crippen LogP contribution is -2.37. The summed E-state index contributed by atoms with van der Waals surface area (Å²) in [6.07, 6.45) is 1.45. The fourth-order valence-electron chi connectivity index (χ4n) is 2.61. The van der Waals surface area contributed by atoms with Crippen molar-refractivity contribution in [1.82, 2.24) is 20.5 Å². The number of hydrogen-bond donors (Lipinski definition) is 2. The summed E-state index contributed by atoms with van der Waals surface area (Å²) in [7, 11) is 0. The van der Waals surface area contributed by atoms with E-state index in [4.69, 9.17) is 11.6 Å². The Bertz CT molecular complexity index is 778. The van der Waals surface area contributed by atoms with Crippen molar-refractivity contribution in [2.45, 2.75) is 26.9 Å². The molecular formula is C20H25ClN4O2. The van der Waals surface area contributed by atoms with Gasteiger partial charge in [0.15, 0.2) is 0 Å². The molecule has 0 atom stereocenters. The number of halogens is 1. The molecule has 0 aliphatic heterocycles. The van der Waals surface area contributed by atoms with E-state index < -0.39 is 5.91 Å². The van der Waals surface area contributed by atoms with Crippen LogP contribution < -0.4 is 10.6 Å². The molecule has 2 rings (SSSR count). The highest BCUT2D eigenvalue weighted by Gasteiger charge is 2.11. The molecule has 0 aliphatic carbocycles. The highest BCUT2D eigenvalue weighted by atomic mass is 35.5. The number of carbonyl (C=O) groups is 2. The molecule has 7 heteroatoms. The molecule has 1 heterocycles. The molecule has 1 aromatic heterocycles. The zero-order chi connectivity index (χ0) is 19.6. The maximum absolute atomic E-state index is 12.1. The fraction of sp³-hybridized carbons (Fsp3) is 0.350. The number of pyridine rings is 1. The monoisotopic (exact) mass is 388 g/mol. The Morgan fingerprint density at radius 2 is 1.78 bits per heavy atom. The Morgan fingerprint density at radius 3 is 2.44 bits per heavy atom. The maximum atomic E-state index is 12.1. The Kier molecular flexibility index (Phi) is 8.23. The van der Waals surface area contributed by atoms with Crippen LogP contribution in [0, 0.1) is 0 Å². The predicted molar refractivity (Wildman–Crippen MR) is 106 cm³/mol. The standard InChI is InChI=1S/C20H25ClN4O2/c1-3-25(4-2)14-16-8-6-5-7-15(16)12-23-19(26)13-24-20(27)18-11-17(21)9-10-22-18/h5-11H,3-4,12-14H2,1-2H3,(H,23,26)(H,24,27). The third kappa shape index (κ3) is 6.66. The molecule has 0 bridgehead atoms. The van der Waals surface area contributed by atoms with Crippen molar-refractivity contribution in [1.29, 1.82) is 0 Å². The van der Waals surface area contributed by atoms with Gasteiger partial charge in [0, 0.05) is 24.3 Å². The van der Waals surface area contributed by atoms with Crippen molar-refractivity contribution in [3.05, 3.63) is 64.4 Å². The predicted octanol–water partition coefficient (Wildman–Crippen LogP) is 2.62. The van der Waals surface area contributed by atoms with Gasteiger partial charge in [-0.15, -0.1) is 0 Å². The lowest BCUT2D eigenvalue weighted by atomic mass is 10.1. The summed E-state index contributed by atoms with van der Waals surface area (Å²) in [6.45, 7) is 7.35. The van der Waals surface area contributed by atoms with Gasteiger partial charge in [0.05, 0.1) is 6.54 Å². The van der Waals surface area contributed by atoms with Crippen LogP contribution in [-0.4, -0.2) is 41.3 Å². The van der Waals surface area contributed by atoms with Crippen molar-refractivity contribution >= 4 is 23.4 Å². The largest absolute Gasteiger partial charge is 0.350 e. The molecule has 0 radical (unpaired) electrons. The van der Waals surface area contributed by atoms with Crippen LogP contribution in [0.2, 0.25) is 5.02 Å². The van der Waals surface area contributed by atoms with Crippen molar-refractivity contribution in [3.63, 3.8) is 0 Å². The molecule has 2 N–H and O–H groups in total. The molecule has 0 aliphatic rings. The first kappa shape index (κ1) is 20.9. The molecule has 27 heavy (non-hydrogen) atoms. The van der Waals surface area contributed by atoms with Crippen LogP contribution in [0.4, 0.5) is 0 Å². The first-order valence-corrected chi connectivity index (χ1v) is 9.36. The number of rotatable bonds is 9. The first-order valence-electron chi connectivity index (χ1n) is 8.99. The second-order valence-electron chi connectivity index (χ2n) is 6.05. The van der Waals surface area contributed by atoms with Crippen LogP contribution in [-0.2, 0) is 17.9 Å². The molecule has 2 amide bonds. The summed E-state index contributed by atoms with van der Waals surface area (Å²) in [5.74, 6) is -0.697. The van der Waals surface area contributed by atoms with E-state index in [1.54, 1.807) is 6.07 Å². The number of amides is 2. The van der Waals surface area contributed by atoms with Gasteiger partial charge in [0.2, 0.25) is 5.91 Å². The number of nitrogens with one attached hydrogen (secondary N) is 2. The minimum absolute atomic E-state index is 0.120. The molecule has 144 valence electrons. The Morgan fingerprint density at radius 1 is 1.07 bits per heavy atom. The Labute approximate surface area is 164 Å². The van der Waals surface area contributed by atoms with Crippen LogP contribution >= 0.6 is 11.6 Å². The second-order valence-corrected chi connectivity index (χ2v) is 6.49. The van der Waals surface area contributed by atoms with Crippen molar-refractivity contribution in [2.24, 2.45) is 0 Å². The van der Waals surface area contributed by atoms with Gasteiger partial charge in [-0.05, 0) is 36.3 Å². The smallest absolute Gasteiger partial charge is 0.270 e. The topological polar surface area (TPSA) is 74.3 Å². The molecule has 0 fully saturated rings. The zero-order valence-corrected chi connectivity index (χ0v) is 16.4. The van der Waals surface area contributed by atoms with E-state index in [2.05, 4.69) is 40.4 Å². The van der Waals surface area contributed by atoms with Gasteiger partial charge >= 0.3 is 0 Å². The summed E-state index contributed by atoms with van der Waals surface area (Å²) in [6, 6.07) is 11.1. The van der Waals surface area contributed by atoms with Gasteiger partial charge in [-0.2, -0.15) is 0 Å². The Balaban J connectivity index is 1.86. The second kappa shape index (κ2) is 10.6. The average molecular weight is 389 g/mol. The van der Waals surface area contributed by atoms with Crippen molar-refractivity contribution in [2.75, 3.05) is 19.6 Å².